The Morgan fingerprint density at radius 3 is 2.91 bits per heavy atom. The van der Waals surface area contributed by atoms with E-state index in [1.165, 1.54) is 17.8 Å². The van der Waals surface area contributed by atoms with Crippen LogP contribution in [0.4, 0.5) is 0 Å². The van der Waals surface area contributed by atoms with E-state index in [2.05, 4.69) is 17.3 Å². The molecule has 0 N–H and O–H groups in total. The number of halogens is 1. The summed E-state index contributed by atoms with van der Waals surface area (Å²) in [6.07, 6.45) is 2.59. The van der Waals surface area contributed by atoms with Gasteiger partial charge in [0, 0.05) is 10.8 Å². The van der Waals surface area contributed by atoms with Crippen LogP contribution in [0.25, 0.3) is 0 Å². The summed E-state index contributed by atoms with van der Waals surface area (Å²) in [5, 5.41) is 3.33. The fraction of sp³-hybridized carbons (Fsp3) is 0.625. The van der Waals surface area contributed by atoms with Crippen molar-refractivity contribution in [3.63, 3.8) is 0 Å². The van der Waals surface area contributed by atoms with E-state index in [0.717, 1.165) is 5.69 Å². The number of aromatic nitrogens is 1. The van der Waals surface area contributed by atoms with Gasteiger partial charge in [-0.2, -0.15) is 0 Å². The van der Waals surface area contributed by atoms with Crippen LogP contribution in [0, 0.1) is 0 Å². The Balaban J connectivity index is 2.25. The molecule has 0 aromatic carbocycles. The van der Waals surface area contributed by atoms with Crippen molar-refractivity contribution in [1.82, 2.24) is 4.98 Å². The molecule has 1 aromatic heterocycles. The zero-order chi connectivity index (χ0) is 7.90. The maximum atomic E-state index is 5.65. The highest BCUT2D eigenvalue weighted by molar-refractivity contribution is 7.09. The van der Waals surface area contributed by atoms with E-state index in [1.807, 2.05) is 0 Å². The number of alkyl halides is 1. The van der Waals surface area contributed by atoms with Gasteiger partial charge in [-0.05, 0) is 12.8 Å². The zero-order valence-electron chi connectivity index (χ0n) is 6.43. The van der Waals surface area contributed by atoms with Crippen LogP contribution in [-0.4, -0.2) is 4.98 Å². The molecule has 0 aliphatic heterocycles. The van der Waals surface area contributed by atoms with Crippen molar-refractivity contribution >= 4 is 22.9 Å². The van der Waals surface area contributed by atoms with E-state index in [-0.39, 0.29) is 0 Å². The van der Waals surface area contributed by atoms with Crippen LogP contribution in [0.15, 0.2) is 5.38 Å². The van der Waals surface area contributed by atoms with Crippen LogP contribution in [0.2, 0.25) is 0 Å². The fourth-order valence-electron chi connectivity index (χ4n) is 1.05. The maximum absolute atomic E-state index is 5.65. The molecule has 0 amide bonds. The molecule has 2 rings (SSSR count). The van der Waals surface area contributed by atoms with Crippen LogP contribution in [0.5, 0.6) is 0 Å². The molecular weight excluding hydrogens is 178 g/mol. The van der Waals surface area contributed by atoms with Gasteiger partial charge in [0.05, 0.1) is 16.6 Å². The number of thiazole rings is 1. The van der Waals surface area contributed by atoms with Gasteiger partial charge >= 0.3 is 0 Å². The lowest BCUT2D eigenvalue weighted by Crippen LogP contribution is -1.98. The summed E-state index contributed by atoms with van der Waals surface area (Å²) < 4.78 is 0. The minimum absolute atomic E-state index is 0.412. The molecule has 0 atom stereocenters. The number of rotatable bonds is 2. The minimum atomic E-state index is 0.412. The van der Waals surface area contributed by atoms with Crippen molar-refractivity contribution < 1.29 is 0 Å². The van der Waals surface area contributed by atoms with Crippen molar-refractivity contribution in [3.05, 3.63) is 16.1 Å². The molecule has 3 heteroatoms. The van der Waals surface area contributed by atoms with Gasteiger partial charge in [-0.25, -0.2) is 4.98 Å². The van der Waals surface area contributed by atoms with E-state index in [0.29, 0.717) is 11.3 Å². The highest BCUT2D eigenvalue weighted by Gasteiger charge is 2.41. The second-order valence-corrected chi connectivity index (χ2v) is 4.46. The monoisotopic (exact) mass is 187 g/mol. The Morgan fingerprint density at radius 1 is 1.73 bits per heavy atom. The third kappa shape index (κ3) is 1.30. The first kappa shape index (κ1) is 7.56. The molecule has 1 aliphatic carbocycles. The van der Waals surface area contributed by atoms with Crippen molar-refractivity contribution in [2.45, 2.75) is 31.1 Å². The number of hydrogen-bond acceptors (Lipinski definition) is 2. The minimum Gasteiger partial charge on any atom is -0.244 e. The van der Waals surface area contributed by atoms with E-state index in [9.17, 15) is 0 Å². The zero-order valence-corrected chi connectivity index (χ0v) is 8.00. The predicted molar refractivity (Wildman–Crippen MR) is 48.3 cm³/mol. The van der Waals surface area contributed by atoms with Crippen LogP contribution in [0.3, 0.4) is 0 Å². The molecule has 11 heavy (non-hydrogen) atoms. The van der Waals surface area contributed by atoms with Crippen LogP contribution in [-0.2, 0) is 11.3 Å². The Bertz CT molecular complexity index is 265. The van der Waals surface area contributed by atoms with Crippen LogP contribution >= 0.6 is 22.9 Å². The van der Waals surface area contributed by atoms with E-state index >= 15 is 0 Å². The predicted octanol–water partition coefficient (Wildman–Crippen LogP) is 2.93. The highest BCUT2D eigenvalue weighted by Crippen LogP contribution is 2.48. The number of nitrogens with zero attached hydrogens (tertiary/aromatic N) is 1. The van der Waals surface area contributed by atoms with E-state index in [1.54, 1.807) is 11.3 Å². The molecule has 0 bridgehead atoms. The topological polar surface area (TPSA) is 12.9 Å². The van der Waals surface area contributed by atoms with Gasteiger partial charge in [-0.15, -0.1) is 22.9 Å². The summed E-state index contributed by atoms with van der Waals surface area (Å²) in [5.41, 5.74) is 1.44. The van der Waals surface area contributed by atoms with Gasteiger partial charge in [0.1, 0.15) is 0 Å². The Kier molecular flexibility index (Phi) is 1.69. The first-order valence-electron chi connectivity index (χ1n) is 3.75. The SMILES string of the molecule is CC1(c2nc(CCl)cs2)CC1. The van der Waals surface area contributed by atoms with Crippen molar-refractivity contribution in [3.8, 4) is 0 Å². The molecule has 1 aliphatic rings. The average molecular weight is 188 g/mol. The molecule has 60 valence electrons. The molecule has 0 spiro atoms. The average Bonchev–Trinajstić information content (AvgIpc) is 2.61. The standard InChI is InChI=1S/C8H10ClNS/c1-8(2-3-8)7-10-6(4-9)5-11-7/h5H,2-4H2,1H3. The van der Waals surface area contributed by atoms with Gasteiger partial charge in [0.2, 0.25) is 0 Å². The van der Waals surface area contributed by atoms with Gasteiger partial charge in [0.15, 0.2) is 0 Å². The smallest absolute Gasteiger partial charge is 0.0987 e. The third-order valence-corrected chi connectivity index (χ3v) is 3.68. The van der Waals surface area contributed by atoms with Gasteiger partial charge in [-0.1, -0.05) is 6.92 Å². The largest absolute Gasteiger partial charge is 0.244 e. The van der Waals surface area contributed by atoms with E-state index in [4.69, 9.17) is 11.6 Å². The highest BCUT2D eigenvalue weighted by atomic mass is 35.5. The lowest BCUT2D eigenvalue weighted by molar-refractivity contribution is 0.772. The lowest BCUT2D eigenvalue weighted by Gasteiger charge is -1.99. The third-order valence-electron chi connectivity index (χ3n) is 2.20. The lowest BCUT2D eigenvalue weighted by atomic mass is 10.2. The summed E-state index contributed by atoms with van der Waals surface area (Å²) in [6.45, 7) is 2.27. The van der Waals surface area contributed by atoms with Crippen molar-refractivity contribution in [2.75, 3.05) is 0 Å². The Morgan fingerprint density at radius 2 is 2.45 bits per heavy atom. The molecule has 1 heterocycles. The summed E-state index contributed by atoms with van der Waals surface area (Å²) >= 11 is 7.40. The van der Waals surface area contributed by atoms with Gasteiger partial charge in [-0.3, -0.25) is 0 Å². The quantitative estimate of drug-likeness (QED) is 0.649. The molecule has 1 fully saturated rings. The van der Waals surface area contributed by atoms with E-state index < -0.39 is 0 Å². The normalized spacial score (nSPS) is 20.2. The second-order valence-electron chi connectivity index (χ2n) is 3.34. The summed E-state index contributed by atoms with van der Waals surface area (Å²) in [6, 6.07) is 0. The van der Waals surface area contributed by atoms with Gasteiger partial charge < -0.3 is 0 Å². The molecule has 0 unspecified atom stereocenters. The van der Waals surface area contributed by atoms with Crippen molar-refractivity contribution in [2.24, 2.45) is 0 Å². The molecule has 1 saturated carbocycles. The van der Waals surface area contributed by atoms with Crippen molar-refractivity contribution in [1.29, 1.82) is 0 Å². The molecule has 0 saturated heterocycles. The first-order chi connectivity index (χ1) is 5.24. The molecule has 1 aromatic rings. The van der Waals surface area contributed by atoms with Gasteiger partial charge in [0.25, 0.3) is 0 Å². The molecule has 1 nitrogen and oxygen atoms in total. The first-order valence-corrected chi connectivity index (χ1v) is 5.17. The molecular formula is C8H10ClNS. The second kappa shape index (κ2) is 2.46. The Labute approximate surface area is 75.4 Å². The summed E-state index contributed by atoms with van der Waals surface area (Å²) in [7, 11) is 0. The van der Waals surface area contributed by atoms with Crippen LogP contribution < -0.4 is 0 Å². The molecule has 0 radical (unpaired) electrons. The number of hydrogen-bond donors (Lipinski definition) is 0. The fourth-order valence-corrected chi connectivity index (χ4v) is 2.32. The maximum Gasteiger partial charge on any atom is 0.0987 e. The summed E-state index contributed by atoms with van der Waals surface area (Å²) in [5.74, 6) is 0.548. The summed E-state index contributed by atoms with van der Waals surface area (Å²) in [4.78, 5) is 4.45. The van der Waals surface area contributed by atoms with Crippen LogP contribution in [0.1, 0.15) is 30.5 Å². The Hall–Kier alpha value is -0.0800.